The number of carbonyl (C=O) groups excluding carboxylic acids is 1. The number of nitrogens with zero attached hydrogens (tertiary/aromatic N) is 5. The van der Waals surface area contributed by atoms with Gasteiger partial charge in [-0.05, 0) is 36.2 Å². The van der Waals surface area contributed by atoms with E-state index < -0.39 is 4.92 Å². The molecule has 0 atom stereocenters. The minimum Gasteiger partial charge on any atom is -0.354 e. The third-order valence-corrected chi connectivity index (χ3v) is 6.31. The molecule has 10 heteroatoms. The fourth-order valence-electron chi connectivity index (χ4n) is 3.50. The molecule has 0 bridgehead atoms. The van der Waals surface area contributed by atoms with Crippen molar-refractivity contribution in [2.45, 2.75) is 24.5 Å². The van der Waals surface area contributed by atoms with E-state index in [1.54, 1.807) is 0 Å². The Balaban J connectivity index is 1.44. The van der Waals surface area contributed by atoms with Gasteiger partial charge in [0.15, 0.2) is 5.16 Å². The van der Waals surface area contributed by atoms with Crippen LogP contribution in [0.5, 0.6) is 0 Å². The van der Waals surface area contributed by atoms with Crippen LogP contribution in [-0.2, 0) is 31.2 Å². The molecule has 4 rings (SSSR count). The Morgan fingerprint density at radius 1 is 1.06 bits per heavy atom. The summed E-state index contributed by atoms with van der Waals surface area (Å²) in [7, 11) is 2.00. The van der Waals surface area contributed by atoms with E-state index in [1.807, 2.05) is 37.5 Å². The quantitative estimate of drug-likeness (QED) is 0.210. The lowest BCUT2D eigenvalue weighted by Crippen LogP contribution is -2.15. The molecule has 0 aliphatic carbocycles. The first-order valence-electron chi connectivity index (χ1n) is 10.7. The summed E-state index contributed by atoms with van der Waals surface area (Å²) in [5, 5.41) is 23.0. The molecule has 2 aromatic heterocycles. The van der Waals surface area contributed by atoms with Gasteiger partial charge in [0.05, 0.1) is 10.7 Å². The van der Waals surface area contributed by atoms with Crippen molar-refractivity contribution in [1.29, 1.82) is 0 Å². The van der Waals surface area contributed by atoms with Gasteiger partial charge >= 0.3 is 0 Å². The van der Waals surface area contributed by atoms with Gasteiger partial charge < -0.3 is 14.5 Å². The zero-order valence-corrected chi connectivity index (χ0v) is 19.4. The number of aromatic nitrogens is 4. The van der Waals surface area contributed by atoms with Crippen molar-refractivity contribution in [2.24, 2.45) is 7.05 Å². The number of anilines is 1. The molecule has 0 spiro atoms. The van der Waals surface area contributed by atoms with Crippen molar-refractivity contribution in [3.8, 4) is 0 Å². The molecular weight excluding hydrogens is 452 g/mol. The average Bonchev–Trinajstić information content (AvgIpc) is 3.43. The Bertz CT molecular complexity index is 1270. The molecule has 34 heavy (non-hydrogen) atoms. The predicted octanol–water partition coefficient (Wildman–Crippen LogP) is 4.09. The zero-order valence-electron chi connectivity index (χ0n) is 18.6. The van der Waals surface area contributed by atoms with Crippen LogP contribution >= 0.6 is 11.8 Å². The van der Waals surface area contributed by atoms with E-state index in [2.05, 4.69) is 42.8 Å². The van der Waals surface area contributed by atoms with Crippen molar-refractivity contribution in [3.05, 3.63) is 100 Å². The topological polar surface area (TPSA) is 108 Å². The number of benzene rings is 2. The van der Waals surface area contributed by atoms with Gasteiger partial charge in [-0.15, -0.1) is 10.2 Å². The molecule has 0 fully saturated rings. The van der Waals surface area contributed by atoms with Crippen LogP contribution in [0.25, 0.3) is 0 Å². The highest BCUT2D eigenvalue weighted by Crippen LogP contribution is 2.21. The summed E-state index contributed by atoms with van der Waals surface area (Å²) in [4.78, 5) is 22.8. The van der Waals surface area contributed by atoms with Crippen LogP contribution in [0, 0.1) is 10.1 Å². The smallest absolute Gasteiger partial charge is 0.269 e. The molecule has 9 nitrogen and oxygen atoms in total. The number of hydrogen-bond donors (Lipinski definition) is 1. The monoisotopic (exact) mass is 476 g/mol. The van der Waals surface area contributed by atoms with Crippen LogP contribution in [0.4, 0.5) is 11.4 Å². The second-order valence-corrected chi connectivity index (χ2v) is 8.66. The molecular formula is C24H24N6O3S. The van der Waals surface area contributed by atoms with Gasteiger partial charge in [0.25, 0.3) is 5.69 Å². The van der Waals surface area contributed by atoms with Crippen LogP contribution in [0.1, 0.15) is 17.1 Å². The van der Waals surface area contributed by atoms with Crippen molar-refractivity contribution >= 4 is 29.0 Å². The van der Waals surface area contributed by atoms with E-state index >= 15 is 0 Å². The molecule has 1 amide bonds. The first-order chi connectivity index (χ1) is 16.5. The van der Waals surface area contributed by atoms with E-state index in [1.165, 1.54) is 41.6 Å². The number of hydrogen-bond acceptors (Lipinski definition) is 6. The minimum atomic E-state index is -0.475. The normalized spacial score (nSPS) is 10.9. The first kappa shape index (κ1) is 23.2. The van der Waals surface area contributed by atoms with Crippen molar-refractivity contribution in [1.82, 2.24) is 19.3 Å². The van der Waals surface area contributed by atoms with Gasteiger partial charge in [-0.1, -0.05) is 42.1 Å². The van der Waals surface area contributed by atoms with E-state index in [0.29, 0.717) is 23.8 Å². The Morgan fingerprint density at radius 3 is 2.50 bits per heavy atom. The molecule has 0 aliphatic heterocycles. The second-order valence-electron chi connectivity index (χ2n) is 7.71. The predicted molar refractivity (Wildman–Crippen MR) is 131 cm³/mol. The molecule has 0 saturated heterocycles. The fraction of sp³-hybridized carbons (Fsp3) is 0.208. The Morgan fingerprint density at radius 2 is 1.82 bits per heavy atom. The number of rotatable bonds is 10. The Labute approximate surface area is 201 Å². The summed E-state index contributed by atoms with van der Waals surface area (Å²) >= 11 is 1.32. The maximum atomic E-state index is 12.5. The summed E-state index contributed by atoms with van der Waals surface area (Å²) in [5.74, 6) is 0.765. The van der Waals surface area contributed by atoms with Crippen molar-refractivity contribution in [3.63, 3.8) is 0 Å². The van der Waals surface area contributed by atoms with Gasteiger partial charge in [0.1, 0.15) is 5.82 Å². The van der Waals surface area contributed by atoms with Crippen LogP contribution < -0.4 is 5.32 Å². The highest BCUT2D eigenvalue weighted by Gasteiger charge is 2.16. The second kappa shape index (κ2) is 10.8. The van der Waals surface area contributed by atoms with E-state index in [4.69, 9.17) is 0 Å². The van der Waals surface area contributed by atoms with E-state index in [0.717, 1.165) is 17.9 Å². The summed E-state index contributed by atoms with van der Waals surface area (Å²) in [5.41, 5.74) is 2.82. The van der Waals surface area contributed by atoms with Crippen molar-refractivity contribution in [2.75, 3.05) is 11.1 Å². The number of nitro groups is 1. The summed E-state index contributed by atoms with van der Waals surface area (Å²) < 4.78 is 4.13. The molecule has 174 valence electrons. The summed E-state index contributed by atoms with van der Waals surface area (Å²) in [6.07, 6.45) is 3.46. The molecule has 2 heterocycles. The summed E-state index contributed by atoms with van der Waals surface area (Å²) in [6, 6.07) is 20.0. The highest BCUT2D eigenvalue weighted by atomic mass is 32.2. The maximum Gasteiger partial charge on any atom is 0.269 e. The van der Waals surface area contributed by atoms with Gasteiger partial charge in [0.2, 0.25) is 5.91 Å². The molecule has 1 N–H and O–H groups in total. The molecule has 0 aliphatic rings. The van der Waals surface area contributed by atoms with Gasteiger partial charge in [0, 0.05) is 49.7 Å². The van der Waals surface area contributed by atoms with Crippen LogP contribution in [-0.4, -0.2) is 35.9 Å². The number of amides is 1. The number of nitro benzene ring substituents is 1. The Hall–Kier alpha value is -3.92. The summed E-state index contributed by atoms with van der Waals surface area (Å²) in [6.45, 7) is 0.697. The van der Waals surface area contributed by atoms with Crippen LogP contribution in [0.15, 0.2) is 78.1 Å². The fourth-order valence-corrected chi connectivity index (χ4v) is 4.29. The SMILES string of the molecule is Cn1cccc1Cc1nnc(SCC(=O)Nc2ccc([N+](=O)[O-])cc2)n1CCc1ccccc1. The number of carbonyl (C=O) groups is 1. The third-order valence-electron chi connectivity index (χ3n) is 5.35. The third kappa shape index (κ3) is 5.90. The van der Waals surface area contributed by atoms with E-state index in [-0.39, 0.29) is 17.3 Å². The van der Waals surface area contributed by atoms with Gasteiger partial charge in [-0.25, -0.2) is 0 Å². The lowest BCUT2D eigenvalue weighted by Gasteiger charge is -2.11. The van der Waals surface area contributed by atoms with Crippen molar-refractivity contribution < 1.29 is 9.72 Å². The average molecular weight is 477 g/mol. The first-order valence-corrected chi connectivity index (χ1v) is 11.7. The molecule has 2 aromatic carbocycles. The number of aryl methyl sites for hydroxylation is 2. The standard InChI is InChI=1S/C24H24N6O3S/c1-28-14-5-8-21(28)16-22-26-27-24(29(22)15-13-18-6-3-2-4-7-18)34-17-23(31)25-19-9-11-20(12-10-19)30(32)33/h2-12,14H,13,15-17H2,1H3,(H,25,31). The number of non-ortho nitro benzene ring substituents is 1. The lowest BCUT2D eigenvalue weighted by molar-refractivity contribution is -0.384. The van der Waals surface area contributed by atoms with E-state index in [9.17, 15) is 14.9 Å². The van der Waals surface area contributed by atoms with Crippen LogP contribution in [0.3, 0.4) is 0 Å². The van der Waals surface area contributed by atoms with Gasteiger partial charge in [-0.2, -0.15) is 0 Å². The number of thioether (sulfide) groups is 1. The number of nitrogens with one attached hydrogen (secondary N) is 1. The largest absolute Gasteiger partial charge is 0.354 e. The zero-order chi connectivity index (χ0) is 23.9. The lowest BCUT2D eigenvalue weighted by atomic mass is 10.1. The highest BCUT2D eigenvalue weighted by molar-refractivity contribution is 7.99. The molecule has 0 unspecified atom stereocenters. The maximum absolute atomic E-state index is 12.5. The molecule has 0 radical (unpaired) electrons. The van der Waals surface area contributed by atoms with Gasteiger partial charge in [-0.3, -0.25) is 14.9 Å². The van der Waals surface area contributed by atoms with Crippen LogP contribution in [0.2, 0.25) is 0 Å². The molecule has 0 saturated carbocycles. The minimum absolute atomic E-state index is 0.0235. The molecule has 4 aromatic rings. The Kier molecular flexibility index (Phi) is 7.38.